The fraction of sp³-hybridized carbons (Fsp3) is 0.889. The highest BCUT2D eigenvalue weighted by molar-refractivity contribution is 7.99. The Labute approximate surface area is 97.2 Å². The summed E-state index contributed by atoms with van der Waals surface area (Å²) >= 11 is 1.77. The number of thioether (sulfide) groups is 1. The van der Waals surface area contributed by atoms with Gasteiger partial charge in [0.05, 0.1) is 0 Å². The Kier molecular flexibility index (Phi) is 13.1. The zero-order valence-electron chi connectivity index (χ0n) is 9.13. The predicted octanol–water partition coefficient (Wildman–Crippen LogP) is 1.28. The average molecular weight is 241 g/mol. The minimum Gasteiger partial charge on any atom is -0.355 e. The maximum absolute atomic E-state index is 11.2. The molecule has 5 heteroatoms. The van der Waals surface area contributed by atoms with Crippen LogP contribution < -0.4 is 10.6 Å². The second-order valence-electron chi connectivity index (χ2n) is 3.06. The van der Waals surface area contributed by atoms with Crippen LogP contribution in [0.15, 0.2) is 0 Å². The molecule has 1 amide bonds. The van der Waals surface area contributed by atoms with Gasteiger partial charge in [-0.25, -0.2) is 0 Å². The number of carbonyl (C=O) groups is 1. The molecule has 0 saturated carbocycles. The summed E-state index contributed by atoms with van der Waals surface area (Å²) in [6.45, 7) is 3.80. The molecule has 0 spiro atoms. The Hall–Kier alpha value is 0.0700. The van der Waals surface area contributed by atoms with Crippen LogP contribution >= 0.6 is 24.2 Å². The maximum atomic E-state index is 11.2. The van der Waals surface area contributed by atoms with Gasteiger partial charge in [-0.05, 0) is 26.3 Å². The molecular weight excluding hydrogens is 220 g/mol. The molecule has 0 aliphatic heterocycles. The van der Waals surface area contributed by atoms with E-state index in [0.29, 0.717) is 11.7 Å². The lowest BCUT2D eigenvalue weighted by Gasteiger charge is -2.09. The Morgan fingerprint density at radius 3 is 2.64 bits per heavy atom. The fourth-order valence-electron chi connectivity index (χ4n) is 0.855. The van der Waals surface area contributed by atoms with Gasteiger partial charge in [-0.1, -0.05) is 6.92 Å². The van der Waals surface area contributed by atoms with Gasteiger partial charge >= 0.3 is 0 Å². The fourth-order valence-corrected chi connectivity index (χ4v) is 1.11. The molecule has 0 aromatic rings. The number of rotatable bonds is 7. The minimum atomic E-state index is 0. The largest absolute Gasteiger partial charge is 0.355 e. The van der Waals surface area contributed by atoms with Gasteiger partial charge in [0, 0.05) is 18.2 Å². The minimum absolute atomic E-state index is 0. The first-order chi connectivity index (χ1) is 6.20. The number of nitrogens with one attached hydrogen (secondary N) is 2. The van der Waals surface area contributed by atoms with Crippen LogP contribution in [0.2, 0.25) is 0 Å². The molecule has 0 bridgehead atoms. The van der Waals surface area contributed by atoms with E-state index in [2.05, 4.69) is 23.8 Å². The molecule has 1 unspecified atom stereocenters. The van der Waals surface area contributed by atoms with Gasteiger partial charge in [0.1, 0.15) is 0 Å². The molecular formula is C9H21ClN2OS. The number of carbonyl (C=O) groups excluding carboxylic acids is 1. The third kappa shape index (κ3) is 10.2. The third-order valence-corrected chi connectivity index (χ3v) is 2.79. The topological polar surface area (TPSA) is 41.1 Å². The van der Waals surface area contributed by atoms with Crippen molar-refractivity contribution in [2.24, 2.45) is 0 Å². The molecule has 0 aromatic heterocycles. The van der Waals surface area contributed by atoms with Crippen molar-refractivity contribution in [1.82, 2.24) is 10.6 Å². The molecule has 86 valence electrons. The summed E-state index contributed by atoms with van der Waals surface area (Å²) in [7, 11) is 1.90. The van der Waals surface area contributed by atoms with Crippen molar-refractivity contribution in [3.63, 3.8) is 0 Å². The zero-order chi connectivity index (χ0) is 10.1. The Morgan fingerprint density at radius 1 is 1.50 bits per heavy atom. The van der Waals surface area contributed by atoms with Gasteiger partial charge in [-0.15, -0.1) is 12.4 Å². The molecule has 0 aliphatic rings. The SMILES string of the molecule is CNCCCC(=O)NCC(C)SC.Cl. The first-order valence-electron chi connectivity index (χ1n) is 4.64. The van der Waals surface area contributed by atoms with Crippen LogP contribution in [-0.2, 0) is 4.79 Å². The summed E-state index contributed by atoms with van der Waals surface area (Å²) in [6, 6.07) is 0. The van der Waals surface area contributed by atoms with Crippen molar-refractivity contribution in [3.05, 3.63) is 0 Å². The monoisotopic (exact) mass is 240 g/mol. The van der Waals surface area contributed by atoms with Crippen molar-refractivity contribution in [2.75, 3.05) is 26.4 Å². The highest BCUT2D eigenvalue weighted by atomic mass is 35.5. The molecule has 1 atom stereocenters. The second-order valence-corrected chi connectivity index (χ2v) is 4.33. The maximum Gasteiger partial charge on any atom is 0.220 e. The van der Waals surface area contributed by atoms with Crippen LogP contribution in [0, 0.1) is 0 Å². The number of hydrogen-bond donors (Lipinski definition) is 2. The van der Waals surface area contributed by atoms with Crippen LogP contribution in [0.25, 0.3) is 0 Å². The lowest BCUT2D eigenvalue weighted by atomic mass is 10.3. The first kappa shape index (κ1) is 16.5. The zero-order valence-corrected chi connectivity index (χ0v) is 10.8. The van der Waals surface area contributed by atoms with Gasteiger partial charge in [-0.2, -0.15) is 11.8 Å². The molecule has 3 nitrogen and oxygen atoms in total. The highest BCUT2D eigenvalue weighted by Crippen LogP contribution is 2.02. The van der Waals surface area contributed by atoms with Crippen LogP contribution in [0.3, 0.4) is 0 Å². The van der Waals surface area contributed by atoms with Crippen LogP contribution in [0.4, 0.5) is 0 Å². The normalized spacial score (nSPS) is 11.6. The molecule has 0 aliphatic carbocycles. The molecule has 2 N–H and O–H groups in total. The Morgan fingerprint density at radius 2 is 2.14 bits per heavy atom. The molecule has 0 aromatic carbocycles. The summed E-state index contributed by atoms with van der Waals surface area (Å²) < 4.78 is 0. The van der Waals surface area contributed by atoms with E-state index in [1.54, 1.807) is 11.8 Å². The average Bonchev–Trinajstić information content (AvgIpc) is 2.14. The molecule has 0 saturated heterocycles. The summed E-state index contributed by atoms with van der Waals surface area (Å²) in [5, 5.41) is 6.43. The molecule has 14 heavy (non-hydrogen) atoms. The lowest BCUT2D eigenvalue weighted by molar-refractivity contribution is -0.121. The van der Waals surface area contributed by atoms with E-state index >= 15 is 0 Å². The van der Waals surface area contributed by atoms with E-state index in [9.17, 15) is 4.79 Å². The van der Waals surface area contributed by atoms with E-state index in [-0.39, 0.29) is 18.3 Å². The smallest absolute Gasteiger partial charge is 0.220 e. The summed E-state index contributed by atoms with van der Waals surface area (Å²) in [4.78, 5) is 11.2. The molecule has 0 fully saturated rings. The van der Waals surface area contributed by atoms with Crippen LogP contribution in [-0.4, -0.2) is 37.6 Å². The van der Waals surface area contributed by atoms with Crippen molar-refractivity contribution >= 4 is 30.1 Å². The van der Waals surface area contributed by atoms with Gasteiger partial charge in [0.25, 0.3) is 0 Å². The van der Waals surface area contributed by atoms with Gasteiger partial charge in [0.15, 0.2) is 0 Å². The summed E-state index contributed by atoms with van der Waals surface area (Å²) in [5.74, 6) is 0.163. The van der Waals surface area contributed by atoms with Crippen molar-refractivity contribution < 1.29 is 4.79 Å². The van der Waals surface area contributed by atoms with Crippen LogP contribution in [0.1, 0.15) is 19.8 Å². The van der Waals surface area contributed by atoms with E-state index < -0.39 is 0 Å². The van der Waals surface area contributed by atoms with E-state index in [1.807, 2.05) is 7.05 Å². The molecule has 0 radical (unpaired) electrons. The standard InChI is InChI=1S/C9H20N2OS.ClH/c1-8(13-3)7-11-9(12)5-4-6-10-2;/h8,10H,4-7H2,1-3H3,(H,11,12);1H. The Bertz CT molecular complexity index is 147. The highest BCUT2D eigenvalue weighted by Gasteiger charge is 2.03. The van der Waals surface area contributed by atoms with Crippen molar-refractivity contribution in [2.45, 2.75) is 25.0 Å². The van der Waals surface area contributed by atoms with Gasteiger partial charge < -0.3 is 10.6 Å². The number of hydrogen-bond acceptors (Lipinski definition) is 3. The Balaban J connectivity index is 0. The summed E-state index contributed by atoms with van der Waals surface area (Å²) in [5.41, 5.74) is 0. The van der Waals surface area contributed by atoms with E-state index in [4.69, 9.17) is 0 Å². The molecule has 0 heterocycles. The number of halogens is 1. The first-order valence-corrected chi connectivity index (χ1v) is 5.93. The second kappa shape index (κ2) is 11.1. The van der Waals surface area contributed by atoms with E-state index in [0.717, 1.165) is 19.5 Å². The van der Waals surface area contributed by atoms with Gasteiger partial charge in [0.2, 0.25) is 5.91 Å². The van der Waals surface area contributed by atoms with E-state index in [1.165, 1.54) is 0 Å². The lowest BCUT2D eigenvalue weighted by Crippen LogP contribution is -2.29. The van der Waals surface area contributed by atoms with Gasteiger partial charge in [-0.3, -0.25) is 4.79 Å². The predicted molar refractivity (Wildman–Crippen MR) is 66.4 cm³/mol. The molecule has 0 rings (SSSR count). The number of amides is 1. The van der Waals surface area contributed by atoms with Crippen molar-refractivity contribution in [1.29, 1.82) is 0 Å². The summed E-state index contributed by atoms with van der Waals surface area (Å²) in [6.07, 6.45) is 3.59. The van der Waals surface area contributed by atoms with Crippen molar-refractivity contribution in [3.8, 4) is 0 Å². The third-order valence-electron chi connectivity index (χ3n) is 1.82. The van der Waals surface area contributed by atoms with Crippen LogP contribution in [0.5, 0.6) is 0 Å². The quantitative estimate of drug-likeness (QED) is 0.659.